The Morgan fingerprint density at radius 1 is 0.952 bits per heavy atom. The zero-order valence-corrected chi connectivity index (χ0v) is 12.4. The molecular weight excluding hydrogens is 258 g/mol. The van der Waals surface area contributed by atoms with E-state index in [1.807, 2.05) is 24.3 Å². The summed E-state index contributed by atoms with van der Waals surface area (Å²) in [5.41, 5.74) is 4.91. The maximum Gasteiger partial charge on any atom is 0.0696 e. The van der Waals surface area contributed by atoms with E-state index in [4.69, 9.17) is 5.21 Å². The van der Waals surface area contributed by atoms with E-state index in [-0.39, 0.29) is 0 Å². The first kappa shape index (κ1) is 15.0. The maximum absolute atomic E-state index is 8.88. The quantitative estimate of drug-likeness (QED) is 0.466. The fraction of sp³-hybridized carbons (Fsp3) is 0.211. The Morgan fingerprint density at radius 3 is 2.10 bits per heavy atom. The van der Waals surface area contributed by atoms with Crippen molar-refractivity contribution in [2.45, 2.75) is 26.2 Å². The van der Waals surface area contributed by atoms with Gasteiger partial charge in [-0.25, -0.2) is 0 Å². The highest BCUT2D eigenvalue weighted by atomic mass is 16.4. The van der Waals surface area contributed by atoms with Crippen LogP contribution in [0, 0.1) is 0 Å². The summed E-state index contributed by atoms with van der Waals surface area (Å²) < 4.78 is 0. The molecule has 0 fully saturated rings. The molecule has 21 heavy (non-hydrogen) atoms. The molecule has 2 rings (SSSR count). The Labute approximate surface area is 126 Å². The summed E-state index contributed by atoms with van der Waals surface area (Å²) in [6, 6.07) is 20.7. The molecule has 0 heterocycles. The number of oxime groups is 1. The van der Waals surface area contributed by atoms with Crippen LogP contribution in [-0.4, -0.2) is 11.4 Å². The van der Waals surface area contributed by atoms with Crippen LogP contribution in [0.5, 0.6) is 0 Å². The molecule has 108 valence electrons. The maximum atomic E-state index is 8.88. The summed E-state index contributed by atoms with van der Waals surface area (Å²) in [5.74, 6) is 0. The number of hydrogen-bond donors (Lipinski definition) is 1. The number of aryl methyl sites for hydroxylation is 1. The Hall–Kier alpha value is -2.35. The first-order valence-corrected chi connectivity index (χ1v) is 7.23. The van der Waals surface area contributed by atoms with Crippen molar-refractivity contribution in [3.05, 3.63) is 82.9 Å². The summed E-state index contributed by atoms with van der Waals surface area (Å²) in [5, 5.41) is 12.1. The number of nitrogens with zero attached hydrogens (tertiary/aromatic N) is 1. The lowest BCUT2D eigenvalue weighted by Gasteiger charge is -2.09. The number of allylic oxidation sites excluding steroid dienone is 2. The highest BCUT2D eigenvalue weighted by Crippen LogP contribution is 2.16. The normalized spacial score (nSPS) is 12.4. The Balaban J connectivity index is 2.07. The van der Waals surface area contributed by atoms with Crippen molar-refractivity contribution < 1.29 is 5.21 Å². The lowest BCUT2D eigenvalue weighted by Crippen LogP contribution is -1.98. The molecule has 0 aromatic heterocycles. The van der Waals surface area contributed by atoms with Gasteiger partial charge in [-0.1, -0.05) is 71.4 Å². The summed E-state index contributed by atoms with van der Waals surface area (Å²) in [4.78, 5) is 0. The summed E-state index contributed by atoms with van der Waals surface area (Å²) in [7, 11) is 0. The first-order valence-electron chi connectivity index (χ1n) is 7.23. The second kappa shape index (κ2) is 8.05. The van der Waals surface area contributed by atoms with E-state index in [0.717, 1.165) is 24.8 Å². The van der Waals surface area contributed by atoms with Gasteiger partial charge in [-0.05, 0) is 42.9 Å². The van der Waals surface area contributed by atoms with Crippen LogP contribution in [0.1, 0.15) is 24.5 Å². The van der Waals surface area contributed by atoms with E-state index in [1.54, 1.807) is 6.21 Å². The number of benzene rings is 2. The number of hydrogen-bond acceptors (Lipinski definition) is 2. The molecule has 0 aliphatic carbocycles. The Kier molecular flexibility index (Phi) is 5.77. The molecule has 2 aromatic carbocycles. The van der Waals surface area contributed by atoms with Crippen LogP contribution in [0.3, 0.4) is 0 Å². The molecular formula is C19H21NO. The molecule has 2 heteroatoms. The monoisotopic (exact) mass is 279 g/mol. The molecule has 0 aliphatic heterocycles. The van der Waals surface area contributed by atoms with Crippen LogP contribution < -0.4 is 0 Å². The highest BCUT2D eigenvalue weighted by molar-refractivity contribution is 5.79. The largest absolute Gasteiger partial charge is 0.411 e. The van der Waals surface area contributed by atoms with E-state index >= 15 is 0 Å². The molecule has 0 atom stereocenters. The van der Waals surface area contributed by atoms with Crippen molar-refractivity contribution >= 4 is 6.21 Å². The second-order valence-electron chi connectivity index (χ2n) is 5.20. The third-order valence-corrected chi connectivity index (χ3v) is 3.63. The highest BCUT2D eigenvalue weighted by Gasteiger charge is 2.03. The molecule has 1 N–H and O–H groups in total. The van der Waals surface area contributed by atoms with E-state index in [1.165, 1.54) is 16.7 Å². The van der Waals surface area contributed by atoms with Crippen LogP contribution in [0.4, 0.5) is 0 Å². The molecule has 0 saturated carbocycles. The summed E-state index contributed by atoms with van der Waals surface area (Å²) >= 11 is 0. The fourth-order valence-corrected chi connectivity index (χ4v) is 2.33. The summed E-state index contributed by atoms with van der Waals surface area (Å²) in [6.07, 6.45) is 4.33. The predicted molar refractivity (Wildman–Crippen MR) is 87.9 cm³/mol. The zero-order valence-electron chi connectivity index (χ0n) is 12.4. The third kappa shape index (κ3) is 4.92. The van der Waals surface area contributed by atoms with E-state index in [9.17, 15) is 0 Å². The lowest BCUT2D eigenvalue weighted by atomic mass is 9.97. The molecule has 2 aromatic rings. The van der Waals surface area contributed by atoms with Gasteiger partial charge in [0.2, 0.25) is 0 Å². The molecule has 0 amide bonds. The van der Waals surface area contributed by atoms with Crippen molar-refractivity contribution in [1.82, 2.24) is 0 Å². The SMILES string of the molecule is C/C(CCc1ccccc1)=C(\C=N\O)Cc1ccccc1. The molecule has 0 unspecified atom stereocenters. The molecule has 0 spiro atoms. The summed E-state index contributed by atoms with van der Waals surface area (Å²) in [6.45, 7) is 2.11. The van der Waals surface area contributed by atoms with Gasteiger partial charge in [0.1, 0.15) is 0 Å². The van der Waals surface area contributed by atoms with Crippen molar-refractivity contribution in [3.63, 3.8) is 0 Å². The van der Waals surface area contributed by atoms with Crippen molar-refractivity contribution in [1.29, 1.82) is 0 Å². The first-order chi connectivity index (χ1) is 10.3. The van der Waals surface area contributed by atoms with Gasteiger partial charge < -0.3 is 5.21 Å². The second-order valence-corrected chi connectivity index (χ2v) is 5.20. The van der Waals surface area contributed by atoms with Gasteiger partial charge in [0.05, 0.1) is 6.21 Å². The number of rotatable bonds is 6. The average Bonchev–Trinajstić information content (AvgIpc) is 2.54. The van der Waals surface area contributed by atoms with Gasteiger partial charge in [-0.2, -0.15) is 0 Å². The van der Waals surface area contributed by atoms with Crippen LogP contribution in [0.2, 0.25) is 0 Å². The zero-order chi connectivity index (χ0) is 14.9. The Morgan fingerprint density at radius 2 is 1.52 bits per heavy atom. The average molecular weight is 279 g/mol. The predicted octanol–water partition coefficient (Wildman–Crippen LogP) is 4.64. The minimum Gasteiger partial charge on any atom is -0.411 e. The van der Waals surface area contributed by atoms with Crippen LogP contribution in [-0.2, 0) is 12.8 Å². The molecule has 0 aliphatic rings. The van der Waals surface area contributed by atoms with Gasteiger partial charge in [0.15, 0.2) is 0 Å². The smallest absolute Gasteiger partial charge is 0.0696 e. The third-order valence-electron chi connectivity index (χ3n) is 3.63. The molecule has 2 nitrogen and oxygen atoms in total. The molecule has 0 radical (unpaired) electrons. The van der Waals surface area contributed by atoms with Crippen molar-refractivity contribution in [2.75, 3.05) is 0 Å². The molecule has 0 bridgehead atoms. The topological polar surface area (TPSA) is 32.6 Å². The Bertz CT molecular complexity index is 600. The van der Waals surface area contributed by atoms with Crippen LogP contribution in [0.25, 0.3) is 0 Å². The fourth-order valence-electron chi connectivity index (χ4n) is 2.33. The van der Waals surface area contributed by atoms with Crippen molar-refractivity contribution in [3.8, 4) is 0 Å². The van der Waals surface area contributed by atoms with Gasteiger partial charge >= 0.3 is 0 Å². The van der Waals surface area contributed by atoms with E-state index in [2.05, 4.69) is 48.5 Å². The van der Waals surface area contributed by atoms with Gasteiger partial charge in [-0.15, -0.1) is 0 Å². The van der Waals surface area contributed by atoms with Gasteiger partial charge in [0, 0.05) is 0 Å². The molecule has 0 saturated heterocycles. The van der Waals surface area contributed by atoms with E-state index in [0.29, 0.717) is 0 Å². The minimum absolute atomic E-state index is 0.797. The van der Waals surface area contributed by atoms with Gasteiger partial charge in [0.25, 0.3) is 0 Å². The van der Waals surface area contributed by atoms with Crippen molar-refractivity contribution in [2.24, 2.45) is 5.16 Å². The van der Waals surface area contributed by atoms with Gasteiger partial charge in [-0.3, -0.25) is 0 Å². The lowest BCUT2D eigenvalue weighted by molar-refractivity contribution is 0.321. The van der Waals surface area contributed by atoms with E-state index < -0.39 is 0 Å². The standard InChI is InChI=1S/C19H21NO/c1-16(12-13-17-8-4-2-5-9-17)19(15-20-21)14-18-10-6-3-7-11-18/h2-11,15,21H,12-14H2,1H3/b19-16+,20-15+. The van der Waals surface area contributed by atoms with Crippen LogP contribution >= 0.6 is 0 Å². The van der Waals surface area contributed by atoms with Crippen LogP contribution in [0.15, 0.2) is 77.0 Å². The minimum atomic E-state index is 0.797.